The first-order chi connectivity index (χ1) is 11.0. The third-order valence-electron chi connectivity index (χ3n) is 3.53. The predicted molar refractivity (Wildman–Crippen MR) is 89.2 cm³/mol. The summed E-state index contributed by atoms with van der Waals surface area (Å²) in [6, 6.07) is 5.48. The number of hydrogen-bond acceptors (Lipinski definition) is 5. The van der Waals surface area contributed by atoms with E-state index in [9.17, 15) is 4.79 Å². The van der Waals surface area contributed by atoms with E-state index in [-0.39, 0.29) is 6.03 Å². The molecule has 2 aromatic rings. The number of nitrogens with one attached hydrogen (secondary N) is 1. The van der Waals surface area contributed by atoms with Crippen molar-refractivity contribution in [3.05, 3.63) is 35.3 Å². The number of aromatic nitrogens is 1. The monoisotopic (exact) mass is 333 g/mol. The number of rotatable bonds is 2. The molecule has 2 heterocycles. The van der Waals surface area contributed by atoms with Gasteiger partial charge >= 0.3 is 6.03 Å². The first-order valence-corrected chi connectivity index (χ1v) is 8.16. The molecule has 1 aromatic heterocycles. The molecule has 0 saturated carbocycles. The Hall–Kier alpha value is -2.28. The van der Waals surface area contributed by atoms with E-state index in [0.29, 0.717) is 18.2 Å². The molecular formula is C16H19N3O3S. The molecule has 1 aliphatic rings. The topological polar surface area (TPSA) is 63.7 Å². The van der Waals surface area contributed by atoms with E-state index < -0.39 is 5.60 Å². The zero-order chi connectivity index (χ0) is 16.4. The molecule has 0 unspecified atom stereocenters. The molecule has 6 nitrogen and oxygen atoms in total. The Balaban J connectivity index is 1.85. The minimum Gasteiger partial charge on any atom is -0.497 e. The lowest BCUT2D eigenvalue weighted by atomic mass is 10.1. The number of anilines is 1. The van der Waals surface area contributed by atoms with Gasteiger partial charge in [0.05, 0.1) is 20.2 Å². The minimum absolute atomic E-state index is 0.180. The van der Waals surface area contributed by atoms with Crippen LogP contribution in [-0.4, -0.2) is 35.2 Å². The van der Waals surface area contributed by atoms with Crippen molar-refractivity contribution < 1.29 is 14.3 Å². The number of hydrogen-bond donors (Lipinski definition) is 1. The van der Waals surface area contributed by atoms with Crippen molar-refractivity contribution >= 4 is 22.5 Å². The summed E-state index contributed by atoms with van der Waals surface area (Å²) >= 11 is 1.39. The number of fused-ring (bicyclic) bond motifs is 1. The van der Waals surface area contributed by atoms with Crippen molar-refractivity contribution in [1.29, 1.82) is 0 Å². The third kappa shape index (κ3) is 3.56. The van der Waals surface area contributed by atoms with Crippen LogP contribution in [0.4, 0.5) is 9.93 Å². The van der Waals surface area contributed by atoms with Crippen LogP contribution in [0.5, 0.6) is 11.5 Å². The zero-order valence-electron chi connectivity index (χ0n) is 13.3. The molecule has 1 aliphatic heterocycles. The number of methoxy groups -OCH3 is 1. The van der Waals surface area contributed by atoms with E-state index in [4.69, 9.17) is 9.47 Å². The fraction of sp³-hybridized carbons (Fsp3) is 0.375. The van der Waals surface area contributed by atoms with E-state index >= 15 is 0 Å². The molecule has 1 N–H and O–H groups in total. The molecule has 122 valence electrons. The first kappa shape index (κ1) is 15.6. The molecule has 0 fully saturated rings. The second kappa shape index (κ2) is 6.08. The van der Waals surface area contributed by atoms with E-state index in [2.05, 4.69) is 10.3 Å². The van der Waals surface area contributed by atoms with Crippen LogP contribution in [0.1, 0.15) is 19.4 Å². The molecule has 0 radical (unpaired) electrons. The average molecular weight is 333 g/mol. The third-order valence-corrected chi connectivity index (χ3v) is 4.22. The Labute approximate surface area is 139 Å². The molecule has 0 bridgehead atoms. The fourth-order valence-electron chi connectivity index (χ4n) is 2.54. The lowest BCUT2D eigenvalue weighted by Crippen LogP contribution is -2.44. The number of nitrogens with zero attached hydrogens (tertiary/aromatic N) is 2. The molecule has 23 heavy (non-hydrogen) atoms. The van der Waals surface area contributed by atoms with Crippen LogP contribution < -0.4 is 14.8 Å². The van der Waals surface area contributed by atoms with Crippen molar-refractivity contribution in [3.63, 3.8) is 0 Å². The van der Waals surface area contributed by atoms with E-state index in [1.54, 1.807) is 18.2 Å². The number of thiazole rings is 1. The average Bonchev–Trinajstić information content (AvgIpc) is 2.95. The van der Waals surface area contributed by atoms with Gasteiger partial charge in [-0.25, -0.2) is 9.78 Å². The van der Waals surface area contributed by atoms with Gasteiger partial charge in [-0.05, 0) is 26.0 Å². The second-order valence-corrected chi connectivity index (χ2v) is 6.85. The van der Waals surface area contributed by atoms with Crippen LogP contribution in [0.2, 0.25) is 0 Å². The van der Waals surface area contributed by atoms with Gasteiger partial charge in [-0.2, -0.15) is 0 Å². The SMILES string of the molecule is COc1ccc2c(c1)OC(C)(C)CN(C(=O)Nc1nccs1)C2. The van der Waals surface area contributed by atoms with Gasteiger partial charge in [0.1, 0.15) is 17.1 Å². The Bertz CT molecular complexity index is 701. The molecule has 0 spiro atoms. The quantitative estimate of drug-likeness (QED) is 0.915. The van der Waals surface area contributed by atoms with Gasteiger partial charge in [0.25, 0.3) is 0 Å². The number of ether oxygens (including phenoxy) is 2. The van der Waals surface area contributed by atoms with Crippen molar-refractivity contribution in [3.8, 4) is 11.5 Å². The summed E-state index contributed by atoms with van der Waals surface area (Å²) in [7, 11) is 1.62. The molecule has 1 aromatic carbocycles. The maximum absolute atomic E-state index is 12.5. The largest absolute Gasteiger partial charge is 0.497 e. The van der Waals surface area contributed by atoms with Crippen LogP contribution in [-0.2, 0) is 6.54 Å². The smallest absolute Gasteiger partial charge is 0.324 e. The Morgan fingerprint density at radius 3 is 3.00 bits per heavy atom. The summed E-state index contributed by atoms with van der Waals surface area (Å²) < 4.78 is 11.3. The van der Waals surface area contributed by atoms with Crippen LogP contribution >= 0.6 is 11.3 Å². The van der Waals surface area contributed by atoms with Gasteiger partial charge in [0.2, 0.25) is 0 Å². The standard InChI is InChI=1S/C16H19N3O3S/c1-16(2)10-19(15(20)18-14-17-6-7-23-14)9-11-4-5-12(21-3)8-13(11)22-16/h4-8H,9-10H2,1-3H3,(H,17,18,20). The molecule has 0 atom stereocenters. The van der Waals surface area contributed by atoms with Crippen LogP contribution in [0.25, 0.3) is 0 Å². The first-order valence-electron chi connectivity index (χ1n) is 7.28. The molecular weight excluding hydrogens is 314 g/mol. The van der Waals surface area contributed by atoms with Gasteiger partial charge in [0.15, 0.2) is 5.13 Å². The van der Waals surface area contributed by atoms with Gasteiger partial charge < -0.3 is 14.4 Å². The summed E-state index contributed by atoms with van der Waals surface area (Å²) in [5.41, 5.74) is 0.448. The summed E-state index contributed by atoms with van der Waals surface area (Å²) in [5, 5.41) is 5.24. The van der Waals surface area contributed by atoms with Gasteiger partial charge in [0, 0.05) is 23.2 Å². The maximum Gasteiger partial charge on any atom is 0.324 e. The molecule has 2 amide bonds. The molecule has 3 rings (SSSR count). The minimum atomic E-state index is -0.502. The summed E-state index contributed by atoms with van der Waals surface area (Å²) in [6.45, 7) is 4.87. The molecule has 0 aliphatic carbocycles. The highest BCUT2D eigenvalue weighted by Crippen LogP contribution is 2.32. The number of carbonyl (C=O) groups excluding carboxylic acids is 1. The van der Waals surface area contributed by atoms with Crippen LogP contribution in [0.15, 0.2) is 29.8 Å². The van der Waals surface area contributed by atoms with E-state index in [0.717, 1.165) is 17.1 Å². The molecule has 7 heteroatoms. The lowest BCUT2D eigenvalue weighted by Gasteiger charge is -2.29. The Morgan fingerprint density at radius 2 is 2.30 bits per heavy atom. The van der Waals surface area contributed by atoms with Gasteiger partial charge in [-0.1, -0.05) is 0 Å². The Kier molecular flexibility index (Phi) is 4.12. The number of carbonyl (C=O) groups is 1. The van der Waals surface area contributed by atoms with Crippen molar-refractivity contribution in [2.24, 2.45) is 0 Å². The fourth-order valence-corrected chi connectivity index (χ4v) is 3.06. The summed E-state index contributed by atoms with van der Waals surface area (Å²) in [5.74, 6) is 1.49. The second-order valence-electron chi connectivity index (χ2n) is 5.96. The van der Waals surface area contributed by atoms with E-state index in [1.807, 2.05) is 37.4 Å². The van der Waals surface area contributed by atoms with Crippen molar-refractivity contribution in [2.75, 3.05) is 19.0 Å². The highest BCUT2D eigenvalue weighted by atomic mass is 32.1. The number of amides is 2. The number of benzene rings is 1. The highest BCUT2D eigenvalue weighted by Gasteiger charge is 2.32. The van der Waals surface area contributed by atoms with Gasteiger partial charge in [-0.15, -0.1) is 11.3 Å². The zero-order valence-corrected chi connectivity index (χ0v) is 14.1. The summed E-state index contributed by atoms with van der Waals surface area (Å²) in [6.07, 6.45) is 1.66. The van der Waals surface area contributed by atoms with Crippen molar-refractivity contribution in [1.82, 2.24) is 9.88 Å². The van der Waals surface area contributed by atoms with Crippen molar-refractivity contribution in [2.45, 2.75) is 26.0 Å². The lowest BCUT2D eigenvalue weighted by molar-refractivity contribution is 0.0833. The van der Waals surface area contributed by atoms with Crippen LogP contribution in [0.3, 0.4) is 0 Å². The predicted octanol–water partition coefficient (Wildman–Crippen LogP) is 3.36. The maximum atomic E-state index is 12.5. The molecule has 0 saturated heterocycles. The summed E-state index contributed by atoms with van der Waals surface area (Å²) in [4.78, 5) is 18.4. The van der Waals surface area contributed by atoms with Crippen LogP contribution in [0, 0.1) is 0 Å². The number of urea groups is 1. The Morgan fingerprint density at radius 1 is 1.48 bits per heavy atom. The normalized spacial score (nSPS) is 16.0. The highest BCUT2D eigenvalue weighted by molar-refractivity contribution is 7.13. The van der Waals surface area contributed by atoms with Gasteiger partial charge in [-0.3, -0.25) is 5.32 Å². The van der Waals surface area contributed by atoms with E-state index in [1.165, 1.54) is 11.3 Å².